The van der Waals surface area contributed by atoms with E-state index in [1.807, 2.05) is 0 Å². The van der Waals surface area contributed by atoms with Crippen LogP contribution in [0.2, 0.25) is 0 Å². The highest BCUT2D eigenvalue weighted by Crippen LogP contribution is 2.38. The first-order valence-electron chi connectivity index (χ1n) is 8.97. The molecule has 2 fully saturated rings. The SMILES string of the molecule is CC1CCCN(CCC2CCCC2(C#N)NC(C)C)CC1. The van der Waals surface area contributed by atoms with Gasteiger partial charge in [0.25, 0.3) is 0 Å². The molecule has 3 atom stereocenters. The Morgan fingerprint density at radius 3 is 2.76 bits per heavy atom. The number of likely N-dealkylation sites (tertiary alicyclic amines) is 1. The molecule has 1 N–H and O–H groups in total. The van der Waals surface area contributed by atoms with E-state index < -0.39 is 0 Å². The molecule has 0 radical (unpaired) electrons. The van der Waals surface area contributed by atoms with E-state index in [1.165, 1.54) is 58.2 Å². The standard InChI is InChI=1S/C18H33N3/c1-15(2)20-18(14-19)10-4-7-17(18)9-13-21-11-5-6-16(3)8-12-21/h15-17,20H,4-13H2,1-3H3. The molecule has 1 saturated carbocycles. The van der Waals surface area contributed by atoms with Crippen molar-refractivity contribution < 1.29 is 0 Å². The average Bonchev–Trinajstić information content (AvgIpc) is 2.71. The van der Waals surface area contributed by atoms with Crippen molar-refractivity contribution in [1.82, 2.24) is 10.2 Å². The topological polar surface area (TPSA) is 39.1 Å². The van der Waals surface area contributed by atoms with Gasteiger partial charge in [0, 0.05) is 6.04 Å². The molecule has 0 amide bonds. The third-order valence-corrected chi connectivity index (χ3v) is 5.47. The molecule has 0 aromatic carbocycles. The van der Waals surface area contributed by atoms with Gasteiger partial charge in [0.05, 0.1) is 6.07 Å². The highest BCUT2D eigenvalue weighted by atomic mass is 15.1. The van der Waals surface area contributed by atoms with Crippen LogP contribution < -0.4 is 5.32 Å². The molecule has 1 aliphatic heterocycles. The minimum absolute atomic E-state index is 0.257. The van der Waals surface area contributed by atoms with Gasteiger partial charge in [-0.15, -0.1) is 0 Å². The summed E-state index contributed by atoms with van der Waals surface area (Å²) < 4.78 is 0. The lowest BCUT2D eigenvalue weighted by Gasteiger charge is -2.33. The van der Waals surface area contributed by atoms with Gasteiger partial charge in [0.15, 0.2) is 0 Å². The quantitative estimate of drug-likeness (QED) is 0.842. The van der Waals surface area contributed by atoms with Gasteiger partial charge in [-0.3, -0.25) is 5.32 Å². The number of nitrogens with one attached hydrogen (secondary N) is 1. The van der Waals surface area contributed by atoms with Gasteiger partial charge < -0.3 is 4.90 Å². The fourth-order valence-corrected chi connectivity index (χ4v) is 4.24. The second-order valence-electron chi connectivity index (χ2n) is 7.64. The first kappa shape index (κ1) is 16.8. The van der Waals surface area contributed by atoms with E-state index in [2.05, 4.69) is 37.1 Å². The predicted octanol–water partition coefficient (Wildman–Crippen LogP) is 3.56. The van der Waals surface area contributed by atoms with Crippen molar-refractivity contribution in [1.29, 1.82) is 5.26 Å². The molecule has 0 aromatic rings. The van der Waals surface area contributed by atoms with Gasteiger partial charge in [-0.05, 0) is 83.8 Å². The Kier molecular flexibility index (Phi) is 6.08. The summed E-state index contributed by atoms with van der Waals surface area (Å²) in [7, 11) is 0. The van der Waals surface area contributed by atoms with Crippen LogP contribution >= 0.6 is 0 Å². The number of hydrogen-bond donors (Lipinski definition) is 1. The van der Waals surface area contributed by atoms with Crippen molar-refractivity contribution in [2.75, 3.05) is 19.6 Å². The van der Waals surface area contributed by atoms with E-state index in [1.54, 1.807) is 0 Å². The predicted molar refractivity (Wildman–Crippen MR) is 88.0 cm³/mol. The fourth-order valence-electron chi connectivity index (χ4n) is 4.24. The molecular weight excluding hydrogens is 258 g/mol. The van der Waals surface area contributed by atoms with Gasteiger partial charge in [0.1, 0.15) is 5.54 Å². The number of nitriles is 1. The van der Waals surface area contributed by atoms with Crippen molar-refractivity contribution in [3.05, 3.63) is 0 Å². The summed E-state index contributed by atoms with van der Waals surface area (Å²) in [6, 6.07) is 3.03. The van der Waals surface area contributed by atoms with E-state index >= 15 is 0 Å². The van der Waals surface area contributed by atoms with Crippen LogP contribution in [0.25, 0.3) is 0 Å². The summed E-state index contributed by atoms with van der Waals surface area (Å²) in [5.74, 6) is 1.42. The summed E-state index contributed by atoms with van der Waals surface area (Å²) in [5.41, 5.74) is -0.257. The van der Waals surface area contributed by atoms with Crippen molar-refractivity contribution in [2.45, 2.75) is 77.3 Å². The average molecular weight is 291 g/mol. The fraction of sp³-hybridized carbons (Fsp3) is 0.944. The van der Waals surface area contributed by atoms with Crippen molar-refractivity contribution in [3.63, 3.8) is 0 Å². The third kappa shape index (κ3) is 4.44. The summed E-state index contributed by atoms with van der Waals surface area (Å²) in [6.07, 6.45) is 8.71. The molecule has 0 bridgehead atoms. The second kappa shape index (κ2) is 7.61. The Balaban J connectivity index is 1.87. The minimum Gasteiger partial charge on any atom is -0.303 e. The summed E-state index contributed by atoms with van der Waals surface area (Å²) in [6.45, 7) is 10.4. The molecular formula is C18H33N3. The van der Waals surface area contributed by atoms with Crippen molar-refractivity contribution in [2.24, 2.45) is 11.8 Å². The van der Waals surface area contributed by atoms with Gasteiger partial charge in [-0.25, -0.2) is 0 Å². The lowest BCUT2D eigenvalue weighted by atomic mass is 9.85. The zero-order chi connectivity index (χ0) is 15.3. The van der Waals surface area contributed by atoms with E-state index in [0.29, 0.717) is 12.0 Å². The highest BCUT2D eigenvalue weighted by molar-refractivity contribution is 5.14. The lowest BCUT2D eigenvalue weighted by molar-refractivity contribution is 0.220. The maximum Gasteiger partial charge on any atom is 0.109 e. The maximum absolute atomic E-state index is 9.73. The molecule has 3 unspecified atom stereocenters. The van der Waals surface area contributed by atoms with Crippen LogP contribution in [0, 0.1) is 23.2 Å². The van der Waals surface area contributed by atoms with Crippen molar-refractivity contribution >= 4 is 0 Å². The van der Waals surface area contributed by atoms with E-state index in [-0.39, 0.29) is 5.54 Å². The number of hydrogen-bond acceptors (Lipinski definition) is 3. The van der Waals surface area contributed by atoms with Crippen molar-refractivity contribution in [3.8, 4) is 6.07 Å². The molecule has 1 saturated heterocycles. The van der Waals surface area contributed by atoms with Gasteiger partial charge in [0.2, 0.25) is 0 Å². The molecule has 0 aromatic heterocycles. The first-order valence-corrected chi connectivity index (χ1v) is 8.97. The van der Waals surface area contributed by atoms with Gasteiger partial charge in [-0.1, -0.05) is 13.3 Å². The summed E-state index contributed by atoms with van der Waals surface area (Å²) in [5, 5.41) is 13.3. The highest BCUT2D eigenvalue weighted by Gasteiger charge is 2.43. The molecule has 3 nitrogen and oxygen atoms in total. The molecule has 120 valence electrons. The van der Waals surface area contributed by atoms with Crippen LogP contribution in [-0.4, -0.2) is 36.1 Å². The largest absolute Gasteiger partial charge is 0.303 e. The minimum atomic E-state index is -0.257. The Morgan fingerprint density at radius 2 is 2.05 bits per heavy atom. The van der Waals surface area contributed by atoms with Crippen LogP contribution in [0.4, 0.5) is 0 Å². The van der Waals surface area contributed by atoms with E-state index in [9.17, 15) is 5.26 Å². The number of rotatable bonds is 5. The zero-order valence-corrected chi connectivity index (χ0v) is 14.2. The molecule has 21 heavy (non-hydrogen) atoms. The van der Waals surface area contributed by atoms with Gasteiger partial charge in [-0.2, -0.15) is 5.26 Å². The molecule has 2 aliphatic rings. The molecule has 1 heterocycles. The Labute approximate surface area is 131 Å². The van der Waals surface area contributed by atoms with Crippen LogP contribution in [0.15, 0.2) is 0 Å². The Bertz CT molecular complexity index is 360. The van der Waals surface area contributed by atoms with E-state index in [0.717, 1.165) is 12.3 Å². The van der Waals surface area contributed by atoms with Crippen LogP contribution in [0.5, 0.6) is 0 Å². The van der Waals surface area contributed by atoms with Crippen LogP contribution in [-0.2, 0) is 0 Å². The normalized spacial score (nSPS) is 34.8. The zero-order valence-electron chi connectivity index (χ0n) is 14.2. The Morgan fingerprint density at radius 1 is 1.24 bits per heavy atom. The monoisotopic (exact) mass is 291 g/mol. The Hall–Kier alpha value is -0.590. The van der Waals surface area contributed by atoms with Crippen LogP contribution in [0.3, 0.4) is 0 Å². The third-order valence-electron chi connectivity index (χ3n) is 5.47. The molecule has 0 spiro atoms. The second-order valence-corrected chi connectivity index (χ2v) is 7.64. The molecule has 1 aliphatic carbocycles. The first-order chi connectivity index (χ1) is 10.1. The summed E-state index contributed by atoms with van der Waals surface area (Å²) in [4.78, 5) is 2.64. The lowest BCUT2D eigenvalue weighted by Crippen LogP contribution is -2.50. The summed E-state index contributed by atoms with van der Waals surface area (Å²) >= 11 is 0. The molecule has 3 heteroatoms. The number of nitrogens with zero attached hydrogens (tertiary/aromatic N) is 2. The maximum atomic E-state index is 9.73. The van der Waals surface area contributed by atoms with Crippen LogP contribution in [0.1, 0.15) is 65.7 Å². The van der Waals surface area contributed by atoms with Gasteiger partial charge >= 0.3 is 0 Å². The smallest absolute Gasteiger partial charge is 0.109 e. The van der Waals surface area contributed by atoms with E-state index in [4.69, 9.17) is 0 Å². The molecule has 2 rings (SSSR count).